The van der Waals surface area contributed by atoms with Gasteiger partial charge in [-0.15, -0.1) is 11.3 Å². The number of fused-ring (bicyclic) bond motifs is 1. The molecule has 0 unspecified atom stereocenters. The summed E-state index contributed by atoms with van der Waals surface area (Å²) in [6, 6.07) is 21.1. The number of nitro groups is 1. The van der Waals surface area contributed by atoms with Gasteiger partial charge < -0.3 is 0 Å². The predicted molar refractivity (Wildman–Crippen MR) is 143 cm³/mol. The van der Waals surface area contributed by atoms with Crippen molar-refractivity contribution < 1.29 is 13.3 Å². The van der Waals surface area contributed by atoms with Gasteiger partial charge in [0, 0.05) is 25.6 Å². The van der Waals surface area contributed by atoms with Crippen LogP contribution in [-0.4, -0.2) is 41.4 Å². The second kappa shape index (κ2) is 10.9. The highest BCUT2D eigenvalue weighted by Gasteiger charge is 2.25. The highest BCUT2D eigenvalue weighted by atomic mass is 32.2. The molecule has 1 aromatic heterocycles. The number of benzene rings is 3. The van der Waals surface area contributed by atoms with E-state index in [0.717, 1.165) is 26.9 Å². The van der Waals surface area contributed by atoms with E-state index < -0.39 is 14.9 Å². The summed E-state index contributed by atoms with van der Waals surface area (Å²) in [5, 5.41) is 17.2. The number of hydrogen-bond donors (Lipinski definition) is 1. The third-order valence-electron chi connectivity index (χ3n) is 5.58. The predicted octanol–water partition coefficient (Wildman–Crippen LogP) is 5.29. The quantitative estimate of drug-likeness (QED) is 0.171. The standard InChI is InChI=1S/C25H25N5O4S2/c1-3-29(4-2)36(33,34)19-14-15-20(23(16-19)30(31)32)27-28-22(18-10-6-5-7-11-18)17-25-26-21-12-8-9-13-24(21)35-25/h5-16,27H,3-4,17H2,1-2H3. The number of nitro benzene ring substituents is 1. The van der Waals surface area contributed by atoms with Crippen molar-refractivity contribution >= 4 is 48.7 Å². The zero-order chi connectivity index (χ0) is 25.7. The highest BCUT2D eigenvalue weighted by Crippen LogP contribution is 2.29. The Morgan fingerprint density at radius 2 is 1.75 bits per heavy atom. The zero-order valence-electron chi connectivity index (χ0n) is 19.8. The normalized spacial score (nSPS) is 12.2. The molecule has 0 atom stereocenters. The molecule has 1 N–H and O–H groups in total. The van der Waals surface area contributed by atoms with Gasteiger partial charge in [-0.05, 0) is 29.8 Å². The lowest BCUT2D eigenvalue weighted by atomic mass is 10.1. The van der Waals surface area contributed by atoms with Crippen molar-refractivity contribution in [3.8, 4) is 0 Å². The van der Waals surface area contributed by atoms with Crippen LogP contribution in [0.1, 0.15) is 24.4 Å². The van der Waals surface area contributed by atoms with Crippen molar-refractivity contribution in [3.63, 3.8) is 0 Å². The maximum atomic E-state index is 12.9. The maximum Gasteiger partial charge on any atom is 0.295 e. The molecule has 4 aromatic rings. The molecule has 0 spiro atoms. The largest absolute Gasteiger partial charge is 0.295 e. The number of hydrazone groups is 1. The van der Waals surface area contributed by atoms with E-state index in [2.05, 4.69) is 15.5 Å². The van der Waals surface area contributed by atoms with Crippen LogP contribution in [0.25, 0.3) is 10.2 Å². The summed E-state index contributed by atoms with van der Waals surface area (Å²) in [5.74, 6) is 0. The molecule has 11 heteroatoms. The summed E-state index contributed by atoms with van der Waals surface area (Å²) in [6.07, 6.45) is 0.415. The summed E-state index contributed by atoms with van der Waals surface area (Å²) in [5.41, 5.74) is 4.90. The van der Waals surface area contributed by atoms with Gasteiger partial charge in [0.15, 0.2) is 0 Å². The first-order chi connectivity index (χ1) is 17.3. The van der Waals surface area contributed by atoms with Gasteiger partial charge in [0.25, 0.3) is 5.69 Å². The number of para-hydroxylation sites is 1. The molecule has 36 heavy (non-hydrogen) atoms. The zero-order valence-corrected chi connectivity index (χ0v) is 21.4. The first kappa shape index (κ1) is 25.4. The van der Waals surface area contributed by atoms with Gasteiger partial charge in [-0.3, -0.25) is 15.5 Å². The van der Waals surface area contributed by atoms with Crippen LogP contribution in [-0.2, 0) is 16.4 Å². The molecule has 0 fully saturated rings. The van der Waals surface area contributed by atoms with Gasteiger partial charge in [0.05, 0.1) is 30.8 Å². The van der Waals surface area contributed by atoms with Crippen LogP contribution in [0.2, 0.25) is 0 Å². The minimum absolute atomic E-state index is 0.0937. The van der Waals surface area contributed by atoms with Crippen LogP contribution in [0.5, 0.6) is 0 Å². The van der Waals surface area contributed by atoms with Gasteiger partial charge in [-0.2, -0.15) is 9.41 Å². The number of nitrogens with zero attached hydrogens (tertiary/aromatic N) is 4. The average Bonchev–Trinajstić information content (AvgIpc) is 3.30. The minimum atomic E-state index is -3.84. The molecule has 4 rings (SSSR count). The number of hydrogen-bond acceptors (Lipinski definition) is 8. The number of nitrogens with one attached hydrogen (secondary N) is 1. The fourth-order valence-corrected chi connectivity index (χ4v) is 6.18. The molecule has 1 heterocycles. The van der Waals surface area contributed by atoms with Crippen molar-refractivity contribution in [2.45, 2.75) is 25.2 Å². The summed E-state index contributed by atoms with van der Waals surface area (Å²) >= 11 is 1.56. The van der Waals surface area contributed by atoms with Gasteiger partial charge in [-0.1, -0.05) is 56.3 Å². The Hall–Kier alpha value is -3.67. The Morgan fingerprint density at radius 1 is 1.06 bits per heavy atom. The summed E-state index contributed by atoms with van der Waals surface area (Å²) in [6.45, 7) is 3.97. The second-order valence-corrected chi connectivity index (χ2v) is 10.9. The van der Waals surface area contributed by atoms with Crippen LogP contribution >= 0.6 is 11.3 Å². The minimum Gasteiger partial charge on any atom is -0.271 e. The van der Waals surface area contributed by atoms with Crippen molar-refractivity contribution in [1.29, 1.82) is 0 Å². The lowest BCUT2D eigenvalue weighted by Gasteiger charge is -2.18. The van der Waals surface area contributed by atoms with E-state index in [-0.39, 0.29) is 29.4 Å². The second-order valence-electron chi connectivity index (χ2n) is 7.81. The third kappa shape index (κ3) is 5.43. The van der Waals surface area contributed by atoms with Crippen molar-refractivity contribution in [2.75, 3.05) is 18.5 Å². The van der Waals surface area contributed by atoms with Gasteiger partial charge in [0.2, 0.25) is 10.0 Å². The van der Waals surface area contributed by atoms with E-state index in [0.29, 0.717) is 12.1 Å². The lowest BCUT2D eigenvalue weighted by Crippen LogP contribution is -2.30. The van der Waals surface area contributed by atoms with Crippen LogP contribution in [0.4, 0.5) is 11.4 Å². The molecule has 0 amide bonds. The molecular formula is C25H25N5O4S2. The topological polar surface area (TPSA) is 118 Å². The Kier molecular flexibility index (Phi) is 7.73. The lowest BCUT2D eigenvalue weighted by molar-refractivity contribution is -0.384. The van der Waals surface area contributed by atoms with E-state index >= 15 is 0 Å². The fraction of sp³-hybridized carbons (Fsp3) is 0.200. The molecule has 0 saturated carbocycles. The molecule has 0 aliphatic heterocycles. The Balaban J connectivity index is 1.69. The van der Waals surface area contributed by atoms with E-state index in [1.807, 2.05) is 54.6 Å². The molecule has 0 aliphatic carbocycles. The van der Waals surface area contributed by atoms with E-state index in [4.69, 9.17) is 0 Å². The average molecular weight is 524 g/mol. The molecule has 3 aromatic carbocycles. The fourth-order valence-electron chi connectivity index (χ4n) is 3.73. The van der Waals surface area contributed by atoms with Crippen LogP contribution < -0.4 is 5.43 Å². The van der Waals surface area contributed by atoms with Gasteiger partial charge in [-0.25, -0.2) is 13.4 Å². The van der Waals surface area contributed by atoms with Crippen LogP contribution in [0.3, 0.4) is 0 Å². The number of aromatic nitrogens is 1. The molecule has 0 aliphatic rings. The van der Waals surface area contributed by atoms with Crippen LogP contribution in [0.15, 0.2) is 82.8 Å². The molecule has 9 nitrogen and oxygen atoms in total. The number of rotatable bonds is 10. The maximum absolute atomic E-state index is 12.9. The number of sulfonamides is 1. The Morgan fingerprint density at radius 3 is 2.42 bits per heavy atom. The first-order valence-electron chi connectivity index (χ1n) is 11.3. The number of thiazole rings is 1. The summed E-state index contributed by atoms with van der Waals surface area (Å²) in [7, 11) is -3.84. The van der Waals surface area contributed by atoms with Crippen molar-refractivity contribution in [1.82, 2.24) is 9.29 Å². The first-order valence-corrected chi connectivity index (χ1v) is 13.6. The Labute approximate surface area is 213 Å². The molecule has 0 bridgehead atoms. The third-order valence-corrected chi connectivity index (χ3v) is 8.67. The monoisotopic (exact) mass is 523 g/mol. The summed E-state index contributed by atoms with van der Waals surface area (Å²) in [4.78, 5) is 15.7. The Bertz CT molecular complexity index is 1480. The van der Waals surface area contributed by atoms with E-state index in [1.165, 1.54) is 16.4 Å². The summed E-state index contributed by atoms with van der Waals surface area (Å²) < 4.78 is 28.0. The molecular weight excluding hydrogens is 498 g/mol. The smallest absolute Gasteiger partial charge is 0.271 e. The SMILES string of the molecule is CCN(CC)S(=O)(=O)c1ccc(NN=C(Cc2nc3ccccc3s2)c2ccccc2)c([N+](=O)[O-])c1. The molecule has 0 radical (unpaired) electrons. The van der Waals surface area contributed by atoms with Crippen molar-refractivity contribution in [2.24, 2.45) is 5.10 Å². The van der Waals surface area contributed by atoms with Crippen molar-refractivity contribution in [3.05, 3.63) is 93.5 Å². The number of anilines is 1. The van der Waals surface area contributed by atoms with Crippen LogP contribution in [0, 0.1) is 10.1 Å². The van der Waals surface area contributed by atoms with Gasteiger partial charge in [0.1, 0.15) is 5.69 Å². The molecule has 0 saturated heterocycles. The van der Waals surface area contributed by atoms with E-state index in [1.54, 1.807) is 25.2 Å². The van der Waals surface area contributed by atoms with E-state index in [9.17, 15) is 18.5 Å². The molecule has 186 valence electrons. The van der Waals surface area contributed by atoms with Gasteiger partial charge >= 0.3 is 0 Å². The highest BCUT2D eigenvalue weighted by molar-refractivity contribution is 7.89.